The number of nitrogen functional groups attached to an aromatic ring is 1. The molecule has 1 aromatic rings. The first-order valence-corrected chi connectivity index (χ1v) is 7.15. The lowest BCUT2D eigenvalue weighted by molar-refractivity contribution is 0.122. The van der Waals surface area contributed by atoms with Gasteiger partial charge in [-0.1, -0.05) is 0 Å². The molecule has 1 aromatic carbocycles. The maximum absolute atomic E-state index is 12.1. The van der Waals surface area contributed by atoms with E-state index in [0.29, 0.717) is 0 Å². The SMILES string of the molecule is COC(C)CNS(=O)(=O)c1cc(C)c(C)cc1N. The van der Waals surface area contributed by atoms with Gasteiger partial charge in [-0.2, -0.15) is 0 Å². The molecule has 0 amide bonds. The molecule has 3 N–H and O–H groups in total. The summed E-state index contributed by atoms with van der Waals surface area (Å²) in [5.74, 6) is 0. The van der Waals surface area contributed by atoms with Gasteiger partial charge in [0, 0.05) is 13.7 Å². The van der Waals surface area contributed by atoms with Crippen LogP contribution in [-0.2, 0) is 14.8 Å². The summed E-state index contributed by atoms with van der Waals surface area (Å²) in [5, 5.41) is 0. The number of hydrogen-bond acceptors (Lipinski definition) is 4. The van der Waals surface area contributed by atoms with Crippen LogP contribution in [-0.4, -0.2) is 28.2 Å². The summed E-state index contributed by atoms with van der Waals surface area (Å²) >= 11 is 0. The summed E-state index contributed by atoms with van der Waals surface area (Å²) in [5.41, 5.74) is 7.89. The van der Waals surface area contributed by atoms with Crippen LogP contribution >= 0.6 is 0 Å². The molecule has 1 rings (SSSR count). The van der Waals surface area contributed by atoms with E-state index in [2.05, 4.69) is 4.72 Å². The summed E-state index contributed by atoms with van der Waals surface area (Å²) in [6, 6.07) is 3.26. The Morgan fingerprint density at radius 3 is 2.44 bits per heavy atom. The Kier molecular flexibility index (Phi) is 4.72. The van der Waals surface area contributed by atoms with Crippen LogP contribution in [0.1, 0.15) is 18.1 Å². The van der Waals surface area contributed by atoms with E-state index in [9.17, 15) is 8.42 Å². The zero-order valence-corrected chi connectivity index (χ0v) is 12.0. The third kappa shape index (κ3) is 3.44. The van der Waals surface area contributed by atoms with Crippen molar-refractivity contribution in [1.82, 2.24) is 4.72 Å². The largest absolute Gasteiger partial charge is 0.398 e. The topological polar surface area (TPSA) is 81.4 Å². The predicted molar refractivity (Wildman–Crippen MR) is 72.0 cm³/mol. The van der Waals surface area contributed by atoms with Crippen LogP contribution in [0, 0.1) is 13.8 Å². The molecule has 0 spiro atoms. The zero-order chi connectivity index (χ0) is 13.9. The fraction of sp³-hybridized carbons (Fsp3) is 0.500. The normalized spacial score (nSPS) is 13.6. The molecule has 0 fully saturated rings. The van der Waals surface area contributed by atoms with Crippen molar-refractivity contribution in [3.05, 3.63) is 23.3 Å². The van der Waals surface area contributed by atoms with Crippen molar-refractivity contribution >= 4 is 15.7 Å². The molecule has 102 valence electrons. The maximum Gasteiger partial charge on any atom is 0.242 e. The second kappa shape index (κ2) is 5.69. The summed E-state index contributed by atoms with van der Waals surface area (Å²) in [4.78, 5) is 0.119. The summed E-state index contributed by atoms with van der Waals surface area (Å²) in [6.45, 7) is 5.74. The molecule has 0 aromatic heterocycles. The number of benzene rings is 1. The monoisotopic (exact) mass is 272 g/mol. The first kappa shape index (κ1) is 14.9. The van der Waals surface area contributed by atoms with E-state index in [0.717, 1.165) is 11.1 Å². The minimum Gasteiger partial charge on any atom is -0.398 e. The van der Waals surface area contributed by atoms with Crippen LogP contribution in [0.15, 0.2) is 17.0 Å². The van der Waals surface area contributed by atoms with Gasteiger partial charge in [0.05, 0.1) is 11.8 Å². The van der Waals surface area contributed by atoms with Crippen molar-refractivity contribution in [2.75, 3.05) is 19.4 Å². The standard InChI is InChI=1S/C12H20N2O3S/c1-8-5-11(13)12(6-9(8)2)18(15,16)14-7-10(3)17-4/h5-6,10,14H,7,13H2,1-4H3. The Morgan fingerprint density at radius 2 is 1.89 bits per heavy atom. The molecule has 1 unspecified atom stereocenters. The number of anilines is 1. The fourth-order valence-corrected chi connectivity index (χ4v) is 2.74. The Bertz CT molecular complexity index is 526. The number of aryl methyl sites for hydroxylation is 2. The number of nitrogens with one attached hydrogen (secondary N) is 1. The molecule has 5 nitrogen and oxygen atoms in total. The number of sulfonamides is 1. The van der Waals surface area contributed by atoms with E-state index in [1.54, 1.807) is 19.1 Å². The van der Waals surface area contributed by atoms with Crippen molar-refractivity contribution in [3.8, 4) is 0 Å². The molecule has 0 aliphatic rings. The lowest BCUT2D eigenvalue weighted by Crippen LogP contribution is -2.32. The average Bonchev–Trinajstić information content (AvgIpc) is 2.30. The highest BCUT2D eigenvalue weighted by Crippen LogP contribution is 2.22. The van der Waals surface area contributed by atoms with Gasteiger partial charge in [0.15, 0.2) is 0 Å². The number of methoxy groups -OCH3 is 1. The molecule has 0 radical (unpaired) electrons. The van der Waals surface area contributed by atoms with Gasteiger partial charge in [0.2, 0.25) is 10.0 Å². The van der Waals surface area contributed by atoms with Gasteiger partial charge in [0.25, 0.3) is 0 Å². The van der Waals surface area contributed by atoms with Gasteiger partial charge >= 0.3 is 0 Å². The van der Waals surface area contributed by atoms with Gasteiger partial charge in [-0.25, -0.2) is 13.1 Å². The number of ether oxygens (including phenoxy) is 1. The van der Waals surface area contributed by atoms with Gasteiger partial charge in [-0.3, -0.25) is 0 Å². The molecule has 0 aliphatic heterocycles. The molecule has 0 aliphatic carbocycles. The number of nitrogens with two attached hydrogens (primary N) is 1. The molecule has 0 bridgehead atoms. The van der Waals surface area contributed by atoms with Gasteiger partial charge in [-0.05, 0) is 44.0 Å². The van der Waals surface area contributed by atoms with E-state index in [1.807, 2.05) is 13.8 Å². The molecular formula is C12H20N2O3S. The Labute approximate surface area is 108 Å². The zero-order valence-electron chi connectivity index (χ0n) is 11.1. The lowest BCUT2D eigenvalue weighted by atomic mass is 10.1. The van der Waals surface area contributed by atoms with E-state index in [-0.39, 0.29) is 23.2 Å². The molecule has 0 saturated carbocycles. The quantitative estimate of drug-likeness (QED) is 0.789. The van der Waals surface area contributed by atoms with E-state index in [1.165, 1.54) is 7.11 Å². The first-order chi connectivity index (χ1) is 8.27. The molecule has 1 atom stereocenters. The maximum atomic E-state index is 12.1. The average molecular weight is 272 g/mol. The second-order valence-corrected chi connectivity index (χ2v) is 6.11. The molecule has 18 heavy (non-hydrogen) atoms. The van der Waals surface area contributed by atoms with Crippen LogP contribution in [0.3, 0.4) is 0 Å². The van der Waals surface area contributed by atoms with Crippen LogP contribution in [0.4, 0.5) is 5.69 Å². The van der Waals surface area contributed by atoms with Crippen LogP contribution in [0.25, 0.3) is 0 Å². The fourth-order valence-electron chi connectivity index (χ4n) is 1.43. The number of rotatable bonds is 5. The smallest absolute Gasteiger partial charge is 0.242 e. The molecule has 0 saturated heterocycles. The minimum absolute atomic E-state index is 0.119. The van der Waals surface area contributed by atoms with Crippen molar-refractivity contribution in [2.45, 2.75) is 31.8 Å². The molecule has 6 heteroatoms. The van der Waals surface area contributed by atoms with Crippen molar-refractivity contribution in [1.29, 1.82) is 0 Å². The van der Waals surface area contributed by atoms with Gasteiger partial charge < -0.3 is 10.5 Å². The number of hydrogen-bond donors (Lipinski definition) is 2. The highest BCUT2D eigenvalue weighted by Gasteiger charge is 2.19. The summed E-state index contributed by atoms with van der Waals surface area (Å²) < 4.78 is 31.7. The Morgan fingerprint density at radius 1 is 1.33 bits per heavy atom. The Hall–Kier alpha value is -1.11. The van der Waals surface area contributed by atoms with Crippen LogP contribution in [0.5, 0.6) is 0 Å². The van der Waals surface area contributed by atoms with Crippen molar-refractivity contribution < 1.29 is 13.2 Å². The van der Waals surface area contributed by atoms with Crippen LogP contribution < -0.4 is 10.5 Å². The van der Waals surface area contributed by atoms with E-state index < -0.39 is 10.0 Å². The van der Waals surface area contributed by atoms with Crippen molar-refractivity contribution in [3.63, 3.8) is 0 Å². The summed E-state index contributed by atoms with van der Waals surface area (Å²) in [7, 11) is -2.06. The molecular weight excluding hydrogens is 252 g/mol. The highest BCUT2D eigenvalue weighted by molar-refractivity contribution is 7.89. The van der Waals surface area contributed by atoms with Crippen LogP contribution in [0.2, 0.25) is 0 Å². The highest BCUT2D eigenvalue weighted by atomic mass is 32.2. The third-order valence-corrected chi connectivity index (χ3v) is 4.36. The Balaban J connectivity index is 3.02. The third-order valence-electron chi connectivity index (χ3n) is 2.88. The van der Waals surface area contributed by atoms with E-state index in [4.69, 9.17) is 10.5 Å². The predicted octanol–water partition coefficient (Wildman–Crippen LogP) is 1.20. The van der Waals surface area contributed by atoms with E-state index >= 15 is 0 Å². The lowest BCUT2D eigenvalue weighted by Gasteiger charge is -2.14. The van der Waals surface area contributed by atoms with Gasteiger partial charge in [-0.15, -0.1) is 0 Å². The molecule has 0 heterocycles. The summed E-state index contributed by atoms with van der Waals surface area (Å²) in [6.07, 6.45) is -0.187. The second-order valence-electron chi connectivity index (χ2n) is 4.37. The minimum atomic E-state index is -3.59. The first-order valence-electron chi connectivity index (χ1n) is 5.67. The van der Waals surface area contributed by atoms with Crippen molar-refractivity contribution in [2.24, 2.45) is 0 Å². The van der Waals surface area contributed by atoms with Gasteiger partial charge in [0.1, 0.15) is 4.90 Å².